The number of carbonyl (C=O) groups excluding carboxylic acids is 3. The lowest BCUT2D eigenvalue weighted by Crippen LogP contribution is -2.42. The first-order valence-electron chi connectivity index (χ1n) is 10.1. The molecule has 2 aliphatic heterocycles. The van der Waals surface area contributed by atoms with Crippen LogP contribution in [0.1, 0.15) is 17.7 Å². The number of hydrogen-bond donors (Lipinski definition) is 1. The number of morpholine rings is 1. The first-order valence-corrected chi connectivity index (χ1v) is 10.1. The van der Waals surface area contributed by atoms with Gasteiger partial charge in [-0.15, -0.1) is 0 Å². The molecule has 162 valence electrons. The average Bonchev–Trinajstić information content (AvgIpc) is 3.13. The molecule has 0 bridgehead atoms. The summed E-state index contributed by atoms with van der Waals surface area (Å²) in [5.74, 6) is 0.254. The fourth-order valence-corrected chi connectivity index (χ4v) is 3.71. The molecule has 0 saturated carbocycles. The zero-order valence-electron chi connectivity index (χ0n) is 17.2. The van der Waals surface area contributed by atoms with Gasteiger partial charge in [0.25, 0.3) is 5.91 Å². The first-order chi connectivity index (χ1) is 15.0. The number of anilines is 2. The number of carbonyl (C=O) groups is 3. The molecule has 0 radical (unpaired) electrons. The van der Waals surface area contributed by atoms with Gasteiger partial charge in [0.1, 0.15) is 19.0 Å². The number of nitrogens with zero attached hydrogens (tertiary/aromatic N) is 3. The molecule has 2 saturated heterocycles. The zero-order chi connectivity index (χ0) is 21.8. The maximum absolute atomic E-state index is 12.5. The molecule has 1 N–H and O–H groups in total. The number of alkyl carbamates (subject to hydrolysis) is 1. The van der Waals surface area contributed by atoms with Gasteiger partial charge in [-0.25, -0.2) is 9.78 Å². The van der Waals surface area contributed by atoms with Crippen LogP contribution in [0.15, 0.2) is 42.5 Å². The third-order valence-electron chi connectivity index (χ3n) is 5.26. The van der Waals surface area contributed by atoms with Gasteiger partial charge in [-0.05, 0) is 24.6 Å². The van der Waals surface area contributed by atoms with E-state index in [2.05, 4.69) is 10.3 Å². The van der Waals surface area contributed by atoms with E-state index in [-0.39, 0.29) is 37.5 Å². The fraction of sp³-hybridized carbons (Fsp3) is 0.364. The Labute approximate surface area is 179 Å². The molecule has 1 aromatic carbocycles. The molecule has 3 heterocycles. The molecular weight excluding hydrogens is 400 g/mol. The Balaban J connectivity index is 1.36. The molecule has 0 unspecified atom stereocenters. The molecule has 2 aliphatic rings. The highest BCUT2D eigenvalue weighted by Crippen LogP contribution is 2.26. The predicted octanol–water partition coefficient (Wildman–Crippen LogP) is 1.78. The van der Waals surface area contributed by atoms with Crippen LogP contribution in [0.5, 0.6) is 0 Å². The Bertz CT molecular complexity index is 981. The maximum atomic E-state index is 12.5. The highest BCUT2D eigenvalue weighted by Gasteiger charge is 2.33. The van der Waals surface area contributed by atoms with Crippen molar-refractivity contribution in [2.45, 2.75) is 26.0 Å². The molecule has 9 nitrogen and oxygen atoms in total. The van der Waals surface area contributed by atoms with Crippen LogP contribution in [-0.4, -0.2) is 55.2 Å². The van der Waals surface area contributed by atoms with Gasteiger partial charge in [-0.2, -0.15) is 0 Å². The van der Waals surface area contributed by atoms with Gasteiger partial charge < -0.3 is 19.7 Å². The van der Waals surface area contributed by atoms with Gasteiger partial charge >= 0.3 is 6.09 Å². The summed E-state index contributed by atoms with van der Waals surface area (Å²) in [4.78, 5) is 44.4. The minimum atomic E-state index is -0.561. The van der Waals surface area contributed by atoms with Gasteiger partial charge in [0, 0.05) is 19.5 Å². The first kappa shape index (κ1) is 20.8. The second-order valence-electron chi connectivity index (χ2n) is 7.48. The monoisotopic (exact) mass is 424 g/mol. The lowest BCUT2D eigenvalue weighted by molar-refractivity contribution is -0.125. The Kier molecular flexibility index (Phi) is 6.13. The Morgan fingerprint density at radius 2 is 1.97 bits per heavy atom. The van der Waals surface area contributed by atoms with E-state index in [1.165, 1.54) is 0 Å². The Hall–Kier alpha value is -3.46. The average molecular weight is 424 g/mol. The van der Waals surface area contributed by atoms with E-state index in [0.29, 0.717) is 36.9 Å². The van der Waals surface area contributed by atoms with Gasteiger partial charge in [0.2, 0.25) is 5.91 Å². The molecule has 9 heteroatoms. The minimum absolute atomic E-state index is 0.0551. The minimum Gasteiger partial charge on any atom is -0.445 e. The molecule has 3 amide bonds. The summed E-state index contributed by atoms with van der Waals surface area (Å²) < 4.78 is 10.4. The summed E-state index contributed by atoms with van der Waals surface area (Å²) in [5.41, 5.74) is 2.25. The van der Waals surface area contributed by atoms with Crippen LogP contribution in [0.25, 0.3) is 0 Å². The van der Waals surface area contributed by atoms with Gasteiger partial charge in [0.15, 0.2) is 0 Å². The highest BCUT2D eigenvalue weighted by molar-refractivity contribution is 5.97. The molecule has 0 aliphatic carbocycles. The van der Waals surface area contributed by atoms with Gasteiger partial charge in [-0.3, -0.25) is 14.5 Å². The van der Waals surface area contributed by atoms with Crippen LogP contribution >= 0.6 is 0 Å². The number of hydrogen-bond acceptors (Lipinski definition) is 6. The van der Waals surface area contributed by atoms with E-state index in [4.69, 9.17) is 9.47 Å². The van der Waals surface area contributed by atoms with E-state index < -0.39 is 6.09 Å². The summed E-state index contributed by atoms with van der Waals surface area (Å²) >= 11 is 0. The number of amides is 3. The van der Waals surface area contributed by atoms with Crippen molar-refractivity contribution in [3.63, 3.8) is 0 Å². The number of aromatic nitrogens is 1. The number of ether oxygens (including phenoxy) is 2. The second-order valence-corrected chi connectivity index (χ2v) is 7.48. The normalized spacial score (nSPS) is 18.9. The lowest BCUT2D eigenvalue weighted by atomic mass is 10.2. The molecule has 2 fully saturated rings. The van der Waals surface area contributed by atoms with Crippen molar-refractivity contribution < 1.29 is 23.9 Å². The van der Waals surface area contributed by atoms with Crippen LogP contribution < -0.4 is 15.1 Å². The van der Waals surface area contributed by atoms with Gasteiger partial charge in [0.05, 0.1) is 24.0 Å². The topological polar surface area (TPSA) is 101 Å². The largest absolute Gasteiger partial charge is 0.445 e. The van der Waals surface area contributed by atoms with E-state index in [1.54, 1.807) is 28.9 Å². The summed E-state index contributed by atoms with van der Waals surface area (Å²) in [6.45, 7) is 3.28. The lowest BCUT2D eigenvalue weighted by Gasteiger charge is -2.28. The Morgan fingerprint density at radius 3 is 2.71 bits per heavy atom. The Morgan fingerprint density at radius 1 is 1.16 bits per heavy atom. The molecule has 1 aromatic heterocycles. The fourth-order valence-electron chi connectivity index (χ4n) is 3.71. The van der Waals surface area contributed by atoms with Crippen LogP contribution in [-0.2, 0) is 25.7 Å². The predicted molar refractivity (Wildman–Crippen MR) is 113 cm³/mol. The highest BCUT2D eigenvalue weighted by atomic mass is 16.5. The van der Waals surface area contributed by atoms with Crippen molar-refractivity contribution in [3.05, 3.63) is 53.7 Å². The van der Waals surface area contributed by atoms with Crippen molar-refractivity contribution in [3.8, 4) is 0 Å². The van der Waals surface area contributed by atoms with Crippen molar-refractivity contribution in [2.24, 2.45) is 0 Å². The van der Waals surface area contributed by atoms with E-state index in [1.807, 2.05) is 30.3 Å². The molecule has 31 heavy (non-hydrogen) atoms. The number of nitrogens with one attached hydrogen (secondary N) is 1. The third-order valence-corrected chi connectivity index (χ3v) is 5.26. The van der Waals surface area contributed by atoms with Crippen LogP contribution in [0.2, 0.25) is 0 Å². The number of rotatable bonds is 5. The SMILES string of the molecule is Cc1nc(N2C[C@H](NC(=O)OCc3ccccc3)CC2=O)ccc1N1CCOCC1=O. The molecule has 0 spiro atoms. The third kappa shape index (κ3) is 4.83. The zero-order valence-corrected chi connectivity index (χ0v) is 17.2. The van der Waals surface area contributed by atoms with E-state index >= 15 is 0 Å². The molecular formula is C22H24N4O5. The quantitative estimate of drug-likeness (QED) is 0.785. The maximum Gasteiger partial charge on any atom is 0.407 e. The number of benzene rings is 1. The standard InChI is InChI=1S/C22H24N4O5/c1-15-18(25-9-10-30-14-21(25)28)7-8-19(23-15)26-12-17(11-20(26)27)24-22(29)31-13-16-5-3-2-4-6-16/h2-8,17H,9-14H2,1H3,(H,24,29)/t17-/m1/s1. The number of pyridine rings is 1. The van der Waals surface area contributed by atoms with Crippen molar-refractivity contribution in [1.29, 1.82) is 0 Å². The van der Waals surface area contributed by atoms with Crippen molar-refractivity contribution in [2.75, 3.05) is 36.1 Å². The van der Waals surface area contributed by atoms with E-state index in [0.717, 1.165) is 5.56 Å². The summed E-state index contributed by atoms with van der Waals surface area (Å²) in [6.07, 6.45) is -0.390. The van der Waals surface area contributed by atoms with Crippen LogP contribution in [0, 0.1) is 6.92 Å². The molecule has 4 rings (SSSR count). The summed E-state index contributed by atoms with van der Waals surface area (Å²) in [6, 6.07) is 12.5. The van der Waals surface area contributed by atoms with E-state index in [9.17, 15) is 14.4 Å². The molecule has 2 aromatic rings. The van der Waals surface area contributed by atoms with Gasteiger partial charge in [-0.1, -0.05) is 30.3 Å². The smallest absolute Gasteiger partial charge is 0.407 e. The van der Waals surface area contributed by atoms with Crippen molar-refractivity contribution >= 4 is 29.4 Å². The second kappa shape index (κ2) is 9.13. The summed E-state index contributed by atoms with van der Waals surface area (Å²) in [5, 5.41) is 2.74. The van der Waals surface area contributed by atoms with Crippen LogP contribution in [0.3, 0.4) is 0 Å². The van der Waals surface area contributed by atoms with Crippen LogP contribution in [0.4, 0.5) is 16.3 Å². The molecule has 1 atom stereocenters. The number of aryl methyl sites for hydroxylation is 1. The van der Waals surface area contributed by atoms with Crippen molar-refractivity contribution in [1.82, 2.24) is 10.3 Å². The summed E-state index contributed by atoms with van der Waals surface area (Å²) in [7, 11) is 0.